The van der Waals surface area contributed by atoms with Crippen LogP contribution in [-0.2, 0) is 5.54 Å². The lowest BCUT2D eigenvalue weighted by atomic mass is 9.79. The summed E-state index contributed by atoms with van der Waals surface area (Å²) < 4.78 is 0. The monoisotopic (exact) mass is 336 g/mol. The molecule has 2 aromatic carbocycles. The van der Waals surface area contributed by atoms with E-state index in [0.717, 1.165) is 12.8 Å². The molecule has 0 saturated heterocycles. The third-order valence-corrected chi connectivity index (χ3v) is 5.74. The van der Waals surface area contributed by atoms with Crippen LogP contribution in [0.2, 0.25) is 0 Å². The summed E-state index contributed by atoms with van der Waals surface area (Å²) in [5.41, 5.74) is 20.6. The number of nitrogens with two attached hydrogens (primary N) is 2. The van der Waals surface area contributed by atoms with Gasteiger partial charge in [-0.05, 0) is 42.5 Å². The van der Waals surface area contributed by atoms with Gasteiger partial charge in [0, 0.05) is 6.04 Å². The average Bonchev–Trinajstić information content (AvgIpc) is 2.84. The Balaban J connectivity index is 1.93. The Morgan fingerprint density at radius 2 is 1.36 bits per heavy atom. The van der Waals surface area contributed by atoms with Crippen molar-refractivity contribution >= 4 is 0 Å². The van der Waals surface area contributed by atoms with Gasteiger partial charge in [-0.2, -0.15) is 0 Å². The normalized spacial score (nSPS) is 15.7. The van der Waals surface area contributed by atoms with Gasteiger partial charge in [-0.1, -0.05) is 86.6 Å². The van der Waals surface area contributed by atoms with Crippen LogP contribution in [-0.4, -0.2) is 6.04 Å². The highest BCUT2D eigenvalue weighted by molar-refractivity contribution is 5.81. The maximum Gasteiger partial charge on any atom is 0.0831 e. The maximum atomic E-state index is 7.08. The maximum absolute atomic E-state index is 7.08. The van der Waals surface area contributed by atoms with Crippen LogP contribution in [0.1, 0.15) is 67.7 Å². The molecule has 1 aliphatic rings. The molecule has 0 aliphatic heterocycles. The molecule has 1 aliphatic carbocycles. The first-order valence-electron chi connectivity index (χ1n) is 9.75. The minimum Gasteiger partial charge on any atom is -0.326 e. The fourth-order valence-corrected chi connectivity index (χ4v) is 4.21. The fraction of sp³-hybridized carbons (Fsp3) is 0.478. The number of aryl methyl sites for hydroxylation is 2. The number of hydrogen-bond acceptors (Lipinski definition) is 2. The second-order valence-electron chi connectivity index (χ2n) is 7.78. The largest absolute Gasteiger partial charge is 0.326 e. The summed E-state index contributed by atoms with van der Waals surface area (Å²) in [5, 5.41) is 0. The number of benzene rings is 2. The molecule has 0 fully saturated rings. The predicted molar refractivity (Wildman–Crippen MR) is 108 cm³/mol. The Labute approximate surface area is 152 Å². The minimum atomic E-state index is -0.576. The van der Waals surface area contributed by atoms with Gasteiger partial charge in [-0.3, -0.25) is 0 Å². The van der Waals surface area contributed by atoms with Crippen molar-refractivity contribution < 1.29 is 0 Å². The number of unbranched alkanes of at least 4 members (excludes halogenated alkanes) is 4. The van der Waals surface area contributed by atoms with Crippen LogP contribution in [0.3, 0.4) is 0 Å². The molecule has 134 valence electrons. The van der Waals surface area contributed by atoms with Crippen molar-refractivity contribution in [3.05, 3.63) is 58.7 Å². The highest BCUT2D eigenvalue weighted by atomic mass is 14.9. The van der Waals surface area contributed by atoms with Gasteiger partial charge in [-0.15, -0.1) is 0 Å². The zero-order valence-electron chi connectivity index (χ0n) is 15.9. The first-order chi connectivity index (χ1) is 12.0. The molecule has 3 rings (SSSR count). The lowest BCUT2D eigenvalue weighted by Crippen LogP contribution is -2.52. The molecule has 2 aromatic rings. The molecule has 0 saturated carbocycles. The van der Waals surface area contributed by atoms with Crippen molar-refractivity contribution in [3.63, 3.8) is 0 Å². The van der Waals surface area contributed by atoms with E-state index in [1.54, 1.807) is 0 Å². The molecule has 2 nitrogen and oxygen atoms in total. The van der Waals surface area contributed by atoms with Crippen LogP contribution in [0.4, 0.5) is 0 Å². The standard InChI is InChI=1S/C23H32N2/c1-4-5-6-7-8-9-22(24)23(25)20-14-16(2)10-12-18(20)19-13-11-17(3)15-21(19)23/h10-15,22H,4-9,24-25H2,1-3H3. The third-order valence-electron chi connectivity index (χ3n) is 5.74. The van der Waals surface area contributed by atoms with Gasteiger partial charge in [0.05, 0.1) is 5.54 Å². The Bertz CT molecular complexity index is 696. The minimum absolute atomic E-state index is 0.0577. The number of hydrogen-bond donors (Lipinski definition) is 2. The van der Waals surface area contributed by atoms with Crippen molar-refractivity contribution in [1.29, 1.82) is 0 Å². The molecule has 0 aromatic heterocycles. The van der Waals surface area contributed by atoms with Gasteiger partial charge in [0.2, 0.25) is 0 Å². The first kappa shape index (κ1) is 18.2. The summed E-state index contributed by atoms with van der Waals surface area (Å²) >= 11 is 0. The molecule has 25 heavy (non-hydrogen) atoms. The van der Waals surface area contributed by atoms with Crippen LogP contribution in [0.5, 0.6) is 0 Å². The molecule has 1 unspecified atom stereocenters. The molecule has 0 spiro atoms. The molecule has 4 N–H and O–H groups in total. The van der Waals surface area contributed by atoms with E-state index >= 15 is 0 Å². The second-order valence-corrected chi connectivity index (χ2v) is 7.78. The van der Waals surface area contributed by atoms with Gasteiger partial charge in [0.25, 0.3) is 0 Å². The molecule has 0 amide bonds. The third kappa shape index (κ3) is 3.26. The highest BCUT2D eigenvalue weighted by Gasteiger charge is 2.44. The smallest absolute Gasteiger partial charge is 0.0831 e. The van der Waals surface area contributed by atoms with Crippen LogP contribution >= 0.6 is 0 Å². The molecular weight excluding hydrogens is 304 g/mol. The van der Waals surface area contributed by atoms with Crippen molar-refractivity contribution in [2.24, 2.45) is 11.5 Å². The zero-order valence-corrected chi connectivity index (χ0v) is 15.9. The van der Waals surface area contributed by atoms with E-state index in [-0.39, 0.29) is 6.04 Å². The lowest BCUT2D eigenvalue weighted by Gasteiger charge is -2.34. The van der Waals surface area contributed by atoms with E-state index < -0.39 is 5.54 Å². The van der Waals surface area contributed by atoms with Gasteiger partial charge in [-0.25, -0.2) is 0 Å². The summed E-state index contributed by atoms with van der Waals surface area (Å²) in [7, 11) is 0. The zero-order chi connectivity index (χ0) is 18.0. The summed E-state index contributed by atoms with van der Waals surface area (Å²) in [6.07, 6.45) is 7.26. The van der Waals surface area contributed by atoms with E-state index in [2.05, 4.69) is 57.2 Å². The van der Waals surface area contributed by atoms with E-state index in [4.69, 9.17) is 11.5 Å². The van der Waals surface area contributed by atoms with E-state index in [1.807, 2.05) is 0 Å². The van der Waals surface area contributed by atoms with Gasteiger partial charge >= 0.3 is 0 Å². The van der Waals surface area contributed by atoms with E-state index in [0.29, 0.717) is 0 Å². The Morgan fingerprint density at radius 1 is 0.840 bits per heavy atom. The van der Waals surface area contributed by atoms with Crippen molar-refractivity contribution in [1.82, 2.24) is 0 Å². The van der Waals surface area contributed by atoms with Gasteiger partial charge in [0.1, 0.15) is 0 Å². The van der Waals surface area contributed by atoms with Gasteiger partial charge in [0.15, 0.2) is 0 Å². The molecule has 0 heterocycles. The lowest BCUT2D eigenvalue weighted by molar-refractivity contribution is 0.391. The van der Waals surface area contributed by atoms with Gasteiger partial charge < -0.3 is 11.5 Å². The molecule has 2 heteroatoms. The summed E-state index contributed by atoms with van der Waals surface area (Å²) in [6, 6.07) is 13.2. The average molecular weight is 337 g/mol. The molecule has 0 radical (unpaired) electrons. The van der Waals surface area contributed by atoms with E-state index in [9.17, 15) is 0 Å². The van der Waals surface area contributed by atoms with Crippen LogP contribution in [0.25, 0.3) is 11.1 Å². The summed E-state index contributed by atoms with van der Waals surface area (Å²) in [4.78, 5) is 0. The Morgan fingerprint density at radius 3 is 1.88 bits per heavy atom. The topological polar surface area (TPSA) is 52.0 Å². The summed E-state index contributed by atoms with van der Waals surface area (Å²) in [6.45, 7) is 6.51. The Kier molecular flexibility index (Phi) is 5.31. The van der Waals surface area contributed by atoms with Crippen molar-refractivity contribution in [3.8, 4) is 11.1 Å². The van der Waals surface area contributed by atoms with Crippen molar-refractivity contribution in [2.45, 2.75) is 70.9 Å². The van der Waals surface area contributed by atoms with Crippen molar-refractivity contribution in [2.75, 3.05) is 0 Å². The van der Waals surface area contributed by atoms with E-state index in [1.165, 1.54) is 59.1 Å². The fourth-order valence-electron chi connectivity index (χ4n) is 4.21. The van der Waals surface area contributed by atoms with Crippen LogP contribution < -0.4 is 11.5 Å². The second kappa shape index (κ2) is 7.31. The summed E-state index contributed by atoms with van der Waals surface area (Å²) in [5.74, 6) is 0. The van der Waals surface area contributed by atoms with Crippen LogP contribution in [0.15, 0.2) is 36.4 Å². The quantitative estimate of drug-likeness (QED) is 0.685. The predicted octanol–water partition coefficient (Wildman–Crippen LogP) is 5.17. The number of fused-ring (bicyclic) bond motifs is 3. The molecule has 1 atom stereocenters. The molecular formula is C23H32N2. The SMILES string of the molecule is CCCCCCCC(N)C1(N)c2cc(C)ccc2-c2ccc(C)cc21. The highest BCUT2D eigenvalue weighted by Crippen LogP contribution is 2.48. The first-order valence-corrected chi connectivity index (χ1v) is 9.75. The molecule has 0 bridgehead atoms. The Hall–Kier alpha value is -1.64. The van der Waals surface area contributed by atoms with Crippen LogP contribution in [0, 0.1) is 13.8 Å². The number of rotatable bonds is 7.